The normalized spacial score (nSPS) is 11.6. The van der Waals surface area contributed by atoms with Gasteiger partial charge in [0, 0.05) is 18.0 Å². The number of hydrogen-bond acceptors (Lipinski definition) is 8. The third kappa shape index (κ3) is 4.09. The third-order valence-corrected chi connectivity index (χ3v) is 4.13. The van der Waals surface area contributed by atoms with Gasteiger partial charge in [-0.3, -0.25) is 9.78 Å². The molecule has 9 heteroatoms. The first-order valence-electron chi connectivity index (χ1n) is 9.00. The van der Waals surface area contributed by atoms with Crippen LogP contribution in [-0.4, -0.2) is 27.0 Å². The molecule has 150 valence electrons. The molecule has 4 aromatic rings. The minimum Gasteiger partial charge on any atom is -0.459 e. The van der Waals surface area contributed by atoms with Crippen LogP contribution in [0.3, 0.4) is 0 Å². The molecule has 1 unspecified atom stereocenters. The van der Waals surface area contributed by atoms with E-state index in [0.717, 1.165) is 0 Å². The fraction of sp³-hybridized carbons (Fsp3) is 0.0952. The molecular formula is C21H16N4O5. The van der Waals surface area contributed by atoms with Gasteiger partial charge in [0.25, 0.3) is 11.8 Å². The van der Waals surface area contributed by atoms with Crippen LogP contribution >= 0.6 is 0 Å². The van der Waals surface area contributed by atoms with Crippen molar-refractivity contribution in [1.82, 2.24) is 15.1 Å². The number of aromatic nitrogens is 3. The highest BCUT2D eigenvalue weighted by molar-refractivity contribution is 6.06. The van der Waals surface area contributed by atoms with E-state index >= 15 is 0 Å². The van der Waals surface area contributed by atoms with Crippen molar-refractivity contribution in [3.8, 4) is 11.4 Å². The van der Waals surface area contributed by atoms with Crippen molar-refractivity contribution in [2.45, 2.75) is 13.0 Å². The van der Waals surface area contributed by atoms with E-state index in [9.17, 15) is 9.59 Å². The summed E-state index contributed by atoms with van der Waals surface area (Å²) in [5, 5.41) is 6.53. The van der Waals surface area contributed by atoms with Gasteiger partial charge in [-0.15, -0.1) is 0 Å². The summed E-state index contributed by atoms with van der Waals surface area (Å²) >= 11 is 0. The van der Waals surface area contributed by atoms with Gasteiger partial charge in [-0.1, -0.05) is 17.3 Å². The number of carbonyl (C=O) groups is 2. The van der Waals surface area contributed by atoms with Crippen LogP contribution in [0.15, 0.2) is 76.1 Å². The Kier molecular flexibility index (Phi) is 5.33. The Labute approximate surface area is 170 Å². The lowest BCUT2D eigenvalue weighted by molar-refractivity contribution is 0.0266. The van der Waals surface area contributed by atoms with Crippen molar-refractivity contribution in [2.24, 2.45) is 0 Å². The zero-order chi connectivity index (χ0) is 20.9. The Hall–Kier alpha value is -4.27. The number of esters is 1. The average Bonchev–Trinajstić information content (AvgIpc) is 3.47. The topological polar surface area (TPSA) is 120 Å². The summed E-state index contributed by atoms with van der Waals surface area (Å²) < 4.78 is 15.7. The summed E-state index contributed by atoms with van der Waals surface area (Å²) in [6.07, 6.45) is 3.82. The Balaban J connectivity index is 1.48. The Morgan fingerprint density at radius 2 is 1.97 bits per heavy atom. The average molecular weight is 404 g/mol. The van der Waals surface area contributed by atoms with E-state index in [4.69, 9.17) is 13.7 Å². The first-order valence-corrected chi connectivity index (χ1v) is 9.00. The van der Waals surface area contributed by atoms with E-state index in [0.29, 0.717) is 11.4 Å². The zero-order valence-corrected chi connectivity index (χ0v) is 15.8. The van der Waals surface area contributed by atoms with Gasteiger partial charge in [-0.25, -0.2) is 4.79 Å². The summed E-state index contributed by atoms with van der Waals surface area (Å²) in [6.45, 7) is 1.61. The summed E-state index contributed by atoms with van der Waals surface area (Å²) in [7, 11) is 0. The van der Waals surface area contributed by atoms with Crippen molar-refractivity contribution in [2.75, 3.05) is 5.32 Å². The van der Waals surface area contributed by atoms with Crippen LogP contribution in [0.4, 0.5) is 5.69 Å². The second-order valence-corrected chi connectivity index (χ2v) is 6.22. The molecule has 4 rings (SSSR count). The first-order chi connectivity index (χ1) is 14.6. The van der Waals surface area contributed by atoms with E-state index in [2.05, 4.69) is 20.4 Å². The number of carbonyl (C=O) groups excluding carboxylic acids is 2. The number of anilines is 1. The van der Waals surface area contributed by atoms with Gasteiger partial charge >= 0.3 is 5.97 Å². The molecule has 1 aromatic carbocycles. The van der Waals surface area contributed by atoms with Crippen LogP contribution in [-0.2, 0) is 4.74 Å². The number of hydrogen-bond donors (Lipinski definition) is 1. The van der Waals surface area contributed by atoms with Crippen molar-refractivity contribution < 1.29 is 23.3 Å². The maximum Gasteiger partial charge on any atom is 0.341 e. The monoisotopic (exact) mass is 404 g/mol. The maximum absolute atomic E-state index is 12.7. The van der Waals surface area contributed by atoms with Gasteiger partial charge in [0.1, 0.15) is 0 Å². The minimum absolute atomic E-state index is 0.125. The van der Waals surface area contributed by atoms with Crippen molar-refractivity contribution in [3.05, 3.63) is 84.4 Å². The summed E-state index contributed by atoms with van der Waals surface area (Å²) in [6, 6.07) is 13.2. The Morgan fingerprint density at radius 1 is 1.10 bits per heavy atom. The molecule has 9 nitrogen and oxygen atoms in total. The second-order valence-electron chi connectivity index (χ2n) is 6.22. The standard InChI is InChI=1S/C21H16N4O5/c1-13(20-24-18(25-30-20)14-6-4-10-22-12-14)29-21(27)15-7-2-3-8-16(15)23-19(26)17-9-5-11-28-17/h2-13H,1H3,(H,23,26). The lowest BCUT2D eigenvalue weighted by Gasteiger charge is -2.12. The van der Waals surface area contributed by atoms with Gasteiger partial charge in [-0.2, -0.15) is 4.98 Å². The van der Waals surface area contributed by atoms with E-state index in [1.165, 1.54) is 12.3 Å². The van der Waals surface area contributed by atoms with Crippen LogP contribution in [0.5, 0.6) is 0 Å². The summed E-state index contributed by atoms with van der Waals surface area (Å²) in [4.78, 5) is 33.2. The molecule has 0 spiro atoms. The molecule has 0 bridgehead atoms. The molecule has 0 aliphatic rings. The lowest BCUT2D eigenvalue weighted by Crippen LogP contribution is -2.16. The van der Waals surface area contributed by atoms with E-state index in [1.807, 2.05) is 0 Å². The fourth-order valence-electron chi connectivity index (χ4n) is 2.65. The molecule has 0 saturated carbocycles. The highest BCUT2D eigenvalue weighted by Gasteiger charge is 2.22. The molecule has 30 heavy (non-hydrogen) atoms. The molecule has 1 amide bonds. The molecule has 0 saturated heterocycles. The highest BCUT2D eigenvalue weighted by atomic mass is 16.6. The van der Waals surface area contributed by atoms with Gasteiger partial charge in [0.05, 0.1) is 17.5 Å². The van der Waals surface area contributed by atoms with Crippen LogP contribution in [0.25, 0.3) is 11.4 Å². The number of rotatable bonds is 6. The van der Waals surface area contributed by atoms with Crippen LogP contribution in [0, 0.1) is 0 Å². The number of benzene rings is 1. The number of nitrogens with zero attached hydrogens (tertiary/aromatic N) is 3. The predicted octanol–water partition coefficient (Wildman–Crippen LogP) is 3.89. The van der Waals surface area contributed by atoms with Gasteiger partial charge in [0.2, 0.25) is 5.82 Å². The predicted molar refractivity (Wildman–Crippen MR) is 104 cm³/mol. The summed E-state index contributed by atoms with van der Waals surface area (Å²) in [5.74, 6) is -0.531. The number of pyridine rings is 1. The smallest absolute Gasteiger partial charge is 0.341 e. The molecule has 1 N–H and O–H groups in total. The SMILES string of the molecule is CC(OC(=O)c1ccccc1NC(=O)c1ccco1)c1nc(-c2cccnc2)no1. The number of furan rings is 1. The van der Waals surface area contributed by atoms with Crippen LogP contribution in [0.1, 0.15) is 39.8 Å². The number of ether oxygens (including phenoxy) is 1. The van der Waals surface area contributed by atoms with E-state index in [1.54, 1.807) is 61.8 Å². The molecular weight excluding hydrogens is 388 g/mol. The zero-order valence-electron chi connectivity index (χ0n) is 15.8. The molecule has 3 heterocycles. The van der Waals surface area contributed by atoms with Gasteiger partial charge in [0.15, 0.2) is 11.9 Å². The second kappa shape index (κ2) is 8.39. The number of para-hydroxylation sites is 1. The highest BCUT2D eigenvalue weighted by Crippen LogP contribution is 2.23. The lowest BCUT2D eigenvalue weighted by atomic mass is 10.1. The van der Waals surface area contributed by atoms with Gasteiger partial charge < -0.3 is 19.0 Å². The van der Waals surface area contributed by atoms with Crippen LogP contribution in [0.2, 0.25) is 0 Å². The van der Waals surface area contributed by atoms with E-state index < -0.39 is 18.0 Å². The first kappa shape index (κ1) is 19.1. The number of nitrogens with one attached hydrogen (secondary N) is 1. The quantitative estimate of drug-likeness (QED) is 0.481. The third-order valence-electron chi connectivity index (χ3n) is 4.13. The van der Waals surface area contributed by atoms with Crippen molar-refractivity contribution in [1.29, 1.82) is 0 Å². The fourth-order valence-corrected chi connectivity index (χ4v) is 2.65. The number of amides is 1. The molecule has 3 aromatic heterocycles. The molecule has 0 aliphatic carbocycles. The summed E-state index contributed by atoms with van der Waals surface area (Å²) in [5.41, 5.74) is 1.14. The molecule has 0 fully saturated rings. The van der Waals surface area contributed by atoms with Crippen molar-refractivity contribution in [3.63, 3.8) is 0 Å². The minimum atomic E-state index is -0.802. The van der Waals surface area contributed by atoms with Crippen LogP contribution < -0.4 is 5.32 Å². The Morgan fingerprint density at radius 3 is 2.73 bits per heavy atom. The molecule has 0 radical (unpaired) electrons. The Bertz CT molecular complexity index is 1160. The maximum atomic E-state index is 12.7. The largest absolute Gasteiger partial charge is 0.459 e. The molecule has 0 aliphatic heterocycles. The van der Waals surface area contributed by atoms with Crippen molar-refractivity contribution >= 4 is 17.6 Å². The van der Waals surface area contributed by atoms with Gasteiger partial charge in [-0.05, 0) is 43.3 Å². The molecule has 1 atom stereocenters. The van der Waals surface area contributed by atoms with E-state index in [-0.39, 0.29) is 22.9 Å².